The molecule has 0 aromatic heterocycles. The van der Waals surface area contributed by atoms with Crippen LogP contribution in [0.1, 0.15) is 31.7 Å². The summed E-state index contributed by atoms with van der Waals surface area (Å²) in [7, 11) is 0. The molecule has 0 fully saturated rings. The fourth-order valence-electron chi connectivity index (χ4n) is 2.42. The maximum absolute atomic E-state index is 12.1. The molecule has 0 unspecified atom stereocenters. The maximum Gasteiger partial charge on any atom is 0.338 e. The van der Waals surface area contributed by atoms with Crippen molar-refractivity contribution in [2.75, 3.05) is 13.2 Å². The van der Waals surface area contributed by atoms with Crippen LogP contribution in [-0.2, 0) is 25.7 Å². The summed E-state index contributed by atoms with van der Waals surface area (Å²) in [5.41, 5.74) is 1.86. The standard InChI is InChI=1S/C19H22O4/c1-2-23-19(21)17(16-10-6-7-11-18(16)20)12-13-22-14-15-8-4-3-5-9-15/h3-5,8-10,12H,2,6-7,11,13-14H2,1H3/b17-12+. The van der Waals surface area contributed by atoms with E-state index in [0.29, 0.717) is 24.2 Å². The summed E-state index contributed by atoms with van der Waals surface area (Å²) in [5, 5.41) is 0. The highest BCUT2D eigenvalue weighted by Gasteiger charge is 2.23. The molecule has 4 heteroatoms. The topological polar surface area (TPSA) is 52.6 Å². The highest BCUT2D eigenvalue weighted by Crippen LogP contribution is 2.22. The first kappa shape index (κ1) is 17.2. The molecule has 23 heavy (non-hydrogen) atoms. The second-order valence-corrected chi connectivity index (χ2v) is 5.27. The molecule has 0 radical (unpaired) electrons. The van der Waals surface area contributed by atoms with Crippen molar-refractivity contribution in [2.45, 2.75) is 32.8 Å². The lowest BCUT2D eigenvalue weighted by Crippen LogP contribution is -2.17. The summed E-state index contributed by atoms with van der Waals surface area (Å²) >= 11 is 0. The van der Waals surface area contributed by atoms with E-state index in [0.717, 1.165) is 18.4 Å². The molecule has 0 amide bonds. The monoisotopic (exact) mass is 314 g/mol. The molecule has 0 N–H and O–H groups in total. The number of esters is 1. The zero-order valence-electron chi connectivity index (χ0n) is 13.4. The van der Waals surface area contributed by atoms with Crippen LogP contribution >= 0.6 is 0 Å². The number of carbonyl (C=O) groups is 2. The van der Waals surface area contributed by atoms with E-state index < -0.39 is 5.97 Å². The van der Waals surface area contributed by atoms with Gasteiger partial charge in [0.2, 0.25) is 0 Å². The molecule has 0 aliphatic heterocycles. The van der Waals surface area contributed by atoms with Crippen LogP contribution in [0.15, 0.2) is 53.6 Å². The number of carbonyl (C=O) groups excluding carboxylic acids is 2. The summed E-state index contributed by atoms with van der Waals surface area (Å²) in [6.45, 7) is 2.75. The number of ketones is 1. The fraction of sp³-hybridized carbons (Fsp3) is 0.368. The van der Waals surface area contributed by atoms with Crippen molar-refractivity contribution in [1.29, 1.82) is 0 Å². The first-order chi connectivity index (χ1) is 11.2. The SMILES string of the molecule is CCOC(=O)/C(=C/COCc1ccccc1)C1=CCCCC1=O. The van der Waals surface area contributed by atoms with Crippen LogP contribution in [0.25, 0.3) is 0 Å². The molecule has 0 saturated heterocycles. The minimum atomic E-state index is -0.461. The van der Waals surface area contributed by atoms with Gasteiger partial charge in [0.25, 0.3) is 0 Å². The Morgan fingerprint density at radius 3 is 2.74 bits per heavy atom. The number of allylic oxidation sites excluding steroid dienone is 1. The zero-order chi connectivity index (χ0) is 16.5. The third kappa shape index (κ3) is 5.18. The summed E-state index contributed by atoms with van der Waals surface area (Å²) in [5.74, 6) is -0.462. The van der Waals surface area contributed by atoms with Gasteiger partial charge in [-0.2, -0.15) is 0 Å². The molecule has 0 heterocycles. The Bertz CT molecular complexity index is 599. The molecule has 0 bridgehead atoms. The number of benzene rings is 1. The number of hydrogen-bond donors (Lipinski definition) is 0. The Balaban J connectivity index is 2.02. The van der Waals surface area contributed by atoms with Gasteiger partial charge in [0, 0.05) is 12.0 Å². The van der Waals surface area contributed by atoms with Gasteiger partial charge in [-0.3, -0.25) is 4.79 Å². The van der Waals surface area contributed by atoms with E-state index in [4.69, 9.17) is 9.47 Å². The van der Waals surface area contributed by atoms with Gasteiger partial charge < -0.3 is 9.47 Å². The van der Waals surface area contributed by atoms with Crippen LogP contribution < -0.4 is 0 Å². The van der Waals surface area contributed by atoms with Gasteiger partial charge in [-0.25, -0.2) is 4.79 Å². The molecule has 0 saturated carbocycles. The Hall–Kier alpha value is -2.20. The molecule has 0 spiro atoms. The average molecular weight is 314 g/mol. The zero-order valence-corrected chi connectivity index (χ0v) is 13.4. The average Bonchev–Trinajstić information content (AvgIpc) is 2.57. The first-order valence-electron chi connectivity index (χ1n) is 7.95. The minimum absolute atomic E-state index is 0.00128. The molecule has 2 rings (SSSR count). The molecular weight excluding hydrogens is 292 g/mol. The highest BCUT2D eigenvalue weighted by atomic mass is 16.5. The third-order valence-corrected chi connectivity index (χ3v) is 3.56. The van der Waals surface area contributed by atoms with Gasteiger partial charge in [0.15, 0.2) is 5.78 Å². The predicted octanol–water partition coefficient (Wildman–Crippen LogP) is 3.37. The Kier molecular flexibility index (Phi) is 6.76. The minimum Gasteiger partial charge on any atom is -0.462 e. The second kappa shape index (κ2) is 9.06. The van der Waals surface area contributed by atoms with Crippen LogP contribution in [0, 0.1) is 0 Å². The molecule has 1 aromatic rings. The van der Waals surface area contributed by atoms with Crippen LogP contribution in [0.5, 0.6) is 0 Å². The first-order valence-corrected chi connectivity index (χ1v) is 7.95. The van der Waals surface area contributed by atoms with Crippen LogP contribution in [0.3, 0.4) is 0 Å². The van der Waals surface area contributed by atoms with E-state index in [1.807, 2.05) is 36.4 Å². The highest BCUT2D eigenvalue weighted by molar-refractivity contribution is 6.10. The maximum atomic E-state index is 12.1. The van der Waals surface area contributed by atoms with Gasteiger partial charge in [-0.1, -0.05) is 36.4 Å². The summed E-state index contributed by atoms with van der Waals surface area (Å²) in [6.07, 6.45) is 5.60. The summed E-state index contributed by atoms with van der Waals surface area (Å²) in [6, 6.07) is 9.80. The fourth-order valence-corrected chi connectivity index (χ4v) is 2.42. The number of ether oxygens (including phenoxy) is 2. The van der Waals surface area contributed by atoms with E-state index >= 15 is 0 Å². The molecule has 0 atom stereocenters. The van der Waals surface area contributed by atoms with Gasteiger partial charge in [0.05, 0.1) is 25.4 Å². The lowest BCUT2D eigenvalue weighted by Gasteiger charge is -2.14. The van der Waals surface area contributed by atoms with Crippen molar-refractivity contribution in [2.24, 2.45) is 0 Å². The van der Waals surface area contributed by atoms with Crippen molar-refractivity contribution >= 4 is 11.8 Å². The van der Waals surface area contributed by atoms with E-state index in [-0.39, 0.29) is 19.0 Å². The Morgan fingerprint density at radius 2 is 2.04 bits per heavy atom. The van der Waals surface area contributed by atoms with E-state index in [2.05, 4.69) is 0 Å². The quantitative estimate of drug-likeness (QED) is 0.440. The molecule has 4 nitrogen and oxygen atoms in total. The number of rotatable bonds is 7. The molecule has 1 aliphatic rings. The Labute approximate surface area is 136 Å². The van der Waals surface area contributed by atoms with Crippen molar-refractivity contribution in [3.63, 3.8) is 0 Å². The molecule has 1 aliphatic carbocycles. The number of Topliss-reactive ketones (excluding diaryl/α,β-unsaturated/α-hetero) is 1. The van der Waals surface area contributed by atoms with Crippen molar-refractivity contribution in [1.82, 2.24) is 0 Å². The molecular formula is C19H22O4. The lowest BCUT2D eigenvalue weighted by atomic mass is 9.92. The number of hydrogen-bond acceptors (Lipinski definition) is 4. The largest absolute Gasteiger partial charge is 0.462 e. The normalized spacial score (nSPS) is 15.3. The van der Waals surface area contributed by atoms with Crippen molar-refractivity contribution < 1.29 is 19.1 Å². The van der Waals surface area contributed by atoms with Crippen molar-refractivity contribution in [3.05, 3.63) is 59.2 Å². The van der Waals surface area contributed by atoms with E-state index in [1.54, 1.807) is 13.0 Å². The van der Waals surface area contributed by atoms with Crippen LogP contribution in [0.4, 0.5) is 0 Å². The van der Waals surface area contributed by atoms with Crippen LogP contribution in [-0.4, -0.2) is 25.0 Å². The van der Waals surface area contributed by atoms with Crippen molar-refractivity contribution in [3.8, 4) is 0 Å². The summed E-state index contributed by atoms with van der Waals surface area (Å²) in [4.78, 5) is 24.2. The predicted molar refractivity (Wildman–Crippen MR) is 87.8 cm³/mol. The van der Waals surface area contributed by atoms with Gasteiger partial charge >= 0.3 is 5.97 Å². The Morgan fingerprint density at radius 1 is 1.26 bits per heavy atom. The van der Waals surface area contributed by atoms with Crippen LogP contribution in [0.2, 0.25) is 0 Å². The molecule has 122 valence electrons. The second-order valence-electron chi connectivity index (χ2n) is 5.27. The lowest BCUT2D eigenvalue weighted by molar-refractivity contribution is -0.138. The third-order valence-electron chi connectivity index (χ3n) is 3.56. The van der Waals surface area contributed by atoms with Gasteiger partial charge in [0.1, 0.15) is 0 Å². The summed E-state index contributed by atoms with van der Waals surface area (Å²) < 4.78 is 10.6. The van der Waals surface area contributed by atoms with E-state index in [1.165, 1.54) is 0 Å². The molecule has 1 aromatic carbocycles. The van der Waals surface area contributed by atoms with Gasteiger partial charge in [-0.05, 0) is 31.4 Å². The van der Waals surface area contributed by atoms with E-state index in [9.17, 15) is 9.59 Å². The smallest absolute Gasteiger partial charge is 0.338 e. The van der Waals surface area contributed by atoms with Gasteiger partial charge in [-0.15, -0.1) is 0 Å².